The van der Waals surface area contributed by atoms with Gasteiger partial charge in [0.25, 0.3) is 11.6 Å². The van der Waals surface area contributed by atoms with Crippen LogP contribution in [0.25, 0.3) is 11.6 Å². The summed E-state index contributed by atoms with van der Waals surface area (Å²) in [5.74, 6) is -0.553. The number of hydrogen-bond donors (Lipinski definition) is 2. The fourth-order valence-corrected chi connectivity index (χ4v) is 5.36. The fourth-order valence-electron chi connectivity index (χ4n) is 5.36. The number of likely N-dealkylation sites (tertiary alicyclic amines) is 1. The molecule has 2 aromatic rings. The number of carbonyl (C=O) groups is 1. The van der Waals surface area contributed by atoms with E-state index < -0.39 is 5.91 Å². The van der Waals surface area contributed by atoms with Crippen LogP contribution in [0.1, 0.15) is 68.3 Å². The third kappa shape index (κ3) is 5.52. The van der Waals surface area contributed by atoms with E-state index in [0.717, 1.165) is 49.9 Å². The van der Waals surface area contributed by atoms with Crippen LogP contribution in [0.15, 0.2) is 54.1 Å². The molecule has 7 heteroatoms. The fraction of sp³-hybridized carbons (Fsp3) is 0.393. The number of rotatable bonds is 7. The Labute approximate surface area is 206 Å². The van der Waals surface area contributed by atoms with Gasteiger partial charge in [-0.1, -0.05) is 50.6 Å². The molecule has 184 valence electrons. The van der Waals surface area contributed by atoms with Crippen molar-refractivity contribution >= 4 is 23.2 Å². The summed E-state index contributed by atoms with van der Waals surface area (Å²) in [4.78, 5) is 24.7. The molecule has 0 radical (unpaired) electrons. The lowest BCUT2D eigenvalue weighted by Crippen LogP contribution is -2.25. The minimum atomic E-state index is -0.553. The first-order valence-corrected chi connectivity index (χ1v) is 12.1. The van der Waals surface area contributed by atoms with E-state index >= 15 is 0 Å². The standard InChI is InChI=1S/C28H33N3O4/c1-28(2,3)25-18-21-17-22(31(34)35)11-12-23(21)24(25)14-16-30-15-4-5-26(30)20-9-6-19(7-10-20)8-13-27(32)29-33/h6-13,17,26,33H,4-5,14-16,18H2,1-3H3,(H,29,32)/b13-8+. The zero-order valence-corrected chi connectivity index (χ0v) is 20.6. The van der Waals surface area contributed by atoms with Crippen LogP contribution < -0.4 is 5.48 Å². The monoisotopic (exact) mass is 475 g/mol. The Kier molecular flexibility index (Phi) is 7.19. The summed E-state index contributed by atoms with van der Waals surface area (Å²) < 4.78 is 0. The van der Waals surface area contributed by atoms with Gasteiger partial charge in [-0.3, -0.25) is 25.0 Å². The molecule has 0 saturated carbocycles. The molecular weight excluding hydrogens is 442 g/mol. The van der Waals surface area contributed by atoms with Crippen LogP contribution in [0.5, 0.6) is 0 Å². The minimum Gasteiger partial charge on any atom is -0.296 e. The first-order valence-electron chi connectivity index (χ1n) is 12.1. The zero-order valence-electron chi connectivity index (χ0n) is 20.6. The first-order chi connectivity index (χ1) is 16.7. The summed E-state index contributed by atoms with van der Waals surface area (Å²) in [6, 6.07) is 13.9. The molecule has 2 aliphatic rings. The second-order valence-corrected chi connectivity index (χ2v) is 10.4. The highest BCUT2D eigenvalue weighted by Gasteiger charge is 2.32. The molecule has 1 aliphatic carbocycles. The number of benzene rings is 2. The molecule has 7 nitrogen and oxygen atoms in total. The molecule has 35 heavy (non-hydrogen) atoms. The Bertz CT molecular complexity index is 1180. The van der Waals surface area contributed by atoms with E-state index in [1.165, 1.54) is 28.3 Å². The third-order valence-electron chi connectivity index (χ3n) is 7.13. The van der Waals surface area contributed by atoms with E-state index in [-0.39, 0.29) is 16.0 Å². The van der Waals surface area contributed by atoms with Gasteiger partial charge in [0.15, 0.2) is 0 Å². The summed E-state index contributed by atoms with van der Waals surface area (Å²) in [5.41, 5.74) is 8.88. The summed E-state index contributed by atoms with van der Waals surface area (Å²) in [6.07, 6.45) is 6.93. The van der Waals surface area contributed by atoms with E-state index in [0.29, 0.717) is 6.04 Å². The zero-order chi connectivity index (χ0) is 25.2. The molecule has 1 fully saturated rings. The lowest BCUT2D eigenvalue weighted by atomic mass is 9.82. The highest BCUT2D eigenvalue weighted by atomic mass is 16.6. The lowest BCUT2D eigenvalue weighted by molar-refractivity contribution is -0.384. The minimum absolute atomic E-state index is 0.00379. The number of amides is 1. The number of fused-ring (bicyclic) bond motifs is 1. The van der Waals surface area contributed by atoms with E-state index in [9.17, 15) is 14.9 Å². The number of hydrogen-bond acceptors (Lipinski definition) is 5. The lowest BCUT2D eigenvalue weighted by Gasteiger charge is -2.27. The smallest absolute Gasteiger partial charge is 0.269 e. The number of nitrogens with zero attached hydrogens (tertiary/aromatic N) is 2. The maximum atomic E-state index is 11.3. The van der Waals surface area contributed by atoms with Gasteiger partial charge in [0.1, 0.15) is 0 Å². The molecule has 2 aromatic carbocycles. The normalized spacial score (nSPS) is 18.3. The van der Waals surface area contributed by atoms with Gasteiger partial charge >= 0.3 is 0 Å². The molecule has 1 heterocycles. The van der Waals surface area contributed by atoms with Crippen LogP contribution in [0.3, 0.4) is 0 Å². The van der Waals surface area contributed by atoms with E-state index in [4.69, 9.17) is 5.21 Å². The van der Waals surface area contributed by atoms with Crippen molar-refractivity contribution < 1.29 is 14.9 Å². The number of nitrogens with one attached hydrogen (secondary N) is 1. The number of hydroxylamine groups is 1. The highest BCUT2D eigenvalue weighted by molar-refractivity contribution is 5.90. The van der Waals surface area contributed by atoms with Gasteiger partial charge in [-0.15, -0.1) is 0 Å². The second kappa shape index (κ2) is 10.1. The average molecular weight is 476 g/mol. The van der Waals surface area contributed by atoms with Crippen molar-refractivity contribution in [2.24, 2.45) is 5.41 Å². The maximum Gasteiger partial charge on any atom is 0.269 e. The van der Waals surface area contributed by atoms with Crippen molar-refractivity contribution in [1.29, 1.82) is 0 Å². The summed E-state index contributed by atoms with van der Waals surface area (Å²) in [5, 5.41) is 19.9. The molecule has 0 bridgehead atoms. The Morgan fingerprint density at radius 2 is 1.97 bits per heavy atom. The van der Waals surface area contributed by atoms with Crippen LogP contribution in [-0.4, -0.2) is 34.0 Å². The predicted octanol–water partition coefficient (Wildman–Crippen LogP) is 5.70. The van der Waals surface area contributed by atoms with Crippen LogP contribution in [-0.2, 0) is 11.2 Å². The Morgan fingerprint density at radius 3 is 2.63 bits per heavy atom. The van der Waals surface area contributed by atoms with Crippen molar-refractivity contribution in [3.05, 3.63) is 86.5 Å². The van der Waals surface area contributed by atoms with Gasteiger partial charge < -0.3 is 0 Å². The van der Waals surface area contributed by atoms with Gasteiger partial charge in [0.2, 0.25) is 0 Å². The van der Waals surface area contributed by atoms with Gasteiger partial charge in [-0.25, -0.2) is 5.48 Å². The van der Waals surface area contributed by atoms with E-state index in [1.807, 2.05) is 18.2 Å². The topological polar surface area (TPSA) is 95.7 Å². The number of allylic oxidation sites excluding steroid dienone is 1. The van der Waals surface area contributed by atoms with Crippen LogP contribution in [0.4, 0.5) is 5.69 Å². The Hall–Kier alpha value is -3.29. The van der Waals surface area contributed by atoms with E-state index in [1.54, 1.807) is 23.7 Å². The van der Waals surface area contributed by atoms with Crippen molar-refractivity contribution in [3.63, 3.8) is 0 Å². The quantitative estimate of drug-likeness (QED) is 0.232. The highest BCUT2D eigenvalue weighted by Crippen LogP contribution is 2.45. The summed E-state index contributed by atoms with van der Waals surface area (Å²) in [7, 11) is 0. The second-order valence-electron chi connectivity index (χ2n) is 10.4. The predicted molar refractivity (Wildman–Crippen MR) is 137 cm³/mol. The summed E-state index contributed by atoms with van der Waals surface area (Å²) >= 11 is 0. The molecule has 1 unspecified atom stereocenters. The van der Waals surface area contributed by atoms with Crippen LogP contribution in [0, 0.1) is 15.5 Å². The van der Waals surface area contributed by atoms with Gasteiger partial charge in [-0.2, -0.15) is 0 Å². The van der Waals surface area contributed by atoms with Crippen LogP contribution >= 0.6 is 0 Å². The molecule has 2 N–H and O–H groups in total. The SMILES string of the molecule is CC(C)(C)C1=C(CCN2CCCC2c2ccc(/C=C/C(=O)NO)cc2)c2ccc([N+](=O)[O-])cc2C1. The first kappa shape index (κ1) is 24.8. The van der Waals surface area contributed by atoms with Crippen molar-refractivity contribution in [1.82, 2.24) is 10.4 Å². The van der Waals surface area contributed by atoms with Gasteiger partial charge in [0.05, 0.1) is 4.92 Å². The molecule has 1 atom stereocenters. The van der Waals surface area contributed by atoms with Crippen molar-refractivity contribution in [3.8, 4) is 0 Å². The van der Waals surface area contributed by atoms with Gasteiger partial charge in [0, 0.05) is 30.8 Å². The number of carbonyl (C=O) groups excluding carboxylic acids is 1. The molecule has 0 spiro atoms. The van der Waals surface area contributed by atoms with E-state index in [2.05, 4.69) is 37.8 Å². The molecule has 1 amide bonds. The maximum absolute atomic E-state index is 11.3. The number of nitro benzene ring substituents is 1. The molecule has 0 aromatic heterocycles. The average Bonchev–Trinajstić information content (AvgIpc) is 3.45. The largest absolute Gasteiger partial charge is 0.296 e. The van der Waals surface area contributed by atoms with Gasteiger partial charge in [-0.05, 0) is 77.6 Å². The number of non-ortho nitro benzene ring substituents is 1. The molecule has 1 saturated heterocycles. The van der Waals surface area contributed by atoms with Crippen molar-refractivity contribution in [2.75, 3.05) is 13.1 Å². The Balaban J connectivity index is 1.50. The Morgan fingerprint density at radius 1 is 1.23 bits per heavy atom. The molecule has 1 aliphatic heterocycles. The molecule has 4 rings (SSSR count). The number of nitro groups is 1. The third-order valence-corrected chi connectivity index (χ3v) is 7.13. The van der Waals surface area contributed by atoms with Crippen molar-refractivity contribution in [2.45, 2.75) is 52.5 Å². The molecular formula is C28H33N3O4. The van der Waals surface area contributed by atoms with Crippen LogP contribution in [0.2, 0.25) is 0 Å². The summed E-state index contributed by atoms with van der Waals surface area (Å²) in [6.45, 7) is 8.66.